The van der Waals surface area contributed by atoms with Gasteiger partial charge in [0.25, 0.3) is 5.56 Å². The van der Waals surface area contributed by atoms with Gasteiger partial charge >= 0.3 is 0 Å². The summed E-state index contributed by atoms with van der Waals surface area (Å²) in [6, 6.07) is 18.9. The number of nitrogens with zero attached hydrogens (tertiary/aromatic N) is 4. The molecule has 0 aliphatic heterocycles. The van der Waals surface area contributed by atoms with Crippen LogP contribution < -0.4 is 5.56 Å². The number of aromatic nitrogens is 4. The summed E-state index contributed by atoms with van der Waals surface area (Å²) in [7, 11) is 0. The monoisotopic (exact) mass is 430 g/mol. The lowest BCUT2D eigenvalue weighted by Crippen LogP contribution is -2.22. The fourth-order valence-electron chi connectivity index (χ4n) is 3.39. The molecule has 0 saturated heterocycles. The summed E-state index contributed by atoms with van der Waals surface area (Å²) in [5.74, 6) is 0.510. The largest absolute Gasteiger partial charge is 0.278 e. The summed E-state index contributed by atoms with van der Waals surface area (Å²) in [5, 5.41) is 1.22. The Bertz CT molecular complexity index is 1410. The maximum atomic E-state index is 13.7. The van der Waals surface area contributed by atoms with Crippen LogP contribution in [0.2, 0.25) is 5.02 Å². The Hall–Kier alpha value is -3.35. The van der Waals surface area contributed by atoms with Crippen molar-refractivity contribution in [1.82, 2.24) is 19.5 Å². The van der Waals surface area contributed by atoms with Gasteiger partial charge in [-0.1, -0.05) is 54.1 Å². The van der Waals surface area contributed by atoms with Gasteiger partial charge in [-0.05, 0) is 30.7 Å². The number of thiazole rings is 1. The molecule has 0 fully saturated rings. The standard InChI is InChI=1S/C23H15ClN4OS/c1-14-6-5-9-17(24)18(14)28-21(15-7-3-2-4-8-15)26-20-19(23(28)29)30-22(27-20)16-10-12-25-13-11-16/h2-13H,1H3. The zero-order valence-corrected chi connectivity index (χ0v) is 17.5. The van der Waals surface area contributed by atoms with Gasteiger partial charge in [-0.15, -0.1) is 11.3 Å². The molecule has 0 bridgehead atoms. The van der Waals surface area contributed by atoms with Crippen molar-refractivity contribution in [3.8, 4) is 27.6 Å². The first-order chi connectivity index (χ1) is 14.6. The van der Waals surface area contributed by atoms with E-state index in [1.165, 1.54) is 11.3 Å². The first-order valence-corrected chi connectivity index (χ1v) is 10.5. The Morgan fingerprint density at radius 1 is 0.900 bits per heavy atom. The van der Waals surface area contributed by atoms with Gasteiger partial charge in [0.1, 0.15) is 15.5 Å². The predicted octanol–water partition coefficient (Wildman–Crippen LogP) is 5.53. The number of para-hydroxylation sites is 1. The number of hydrogen-bond acceptors (Lipinski definition) is 5. The van der Waals surface area contributed by atoms with Gasteiger partial charge in [0.05, 0.1) is 10.7 Å². The van der Waals surface area contributed by atoms with Crippen LogP contribution in [0.25, 0.3) is 38.0 Å². The Kier molecular flexibility index (Phi) is 4.65. The smallest absolute Gasteiger partial charge is 0.267 e. The molecular formula is C23H15ClN4OS. The second-order valence-corrected chi connectivity index (χ2v) is 8.16. The van der Waals surface area contributed by atoms with Crippen molar-refractivity contribution >= 4 is 33.3 Å². The van der Waals surface area contributed by atoms with E-state index in [1.807, 2.05) is 61.5 Å². The van der Waals surface area contributed by atoms with Crippen molar-refractivity contribution in [3.63, 3.8) is 0 Å². The van der Waals surface area contributed by atoms with Gasteiger partial charge < -0.3 is 0 Å². The van der Waals surface area contributed by atoms with E-state index in [9.17, 15) is 4.79 Å². The fourth-order valence-corrected chi connectivity index (χ4v) is 4.63. The third kappa shape index (κ3) is 3.10. The number of fused-ring (bicyclic) bond motifs is 1. The fraction of sp³-hybridized carbons (Fsp3) is 0.0435. The van der Waals surface area contributed by atoms with Crippen molar-refractivity contribution < 1.29 is 0 Å². The highest BCUT2D eigenvalue weighted by molar-refractivity contribution is 7.21. The number of pyridine rings is 1. The third-order valence-corrected chi connectivity index (χ3v) is 6.19. The quantitative estimate of drug-likeness (QED) is 0.377. The number of hydrogen-bond donors (Lipinski definition) is 0. The van der Waals surface area contributed by atoms with Gasteiger partial charge in [-0.25, -0.2) is 9.97 Å². The Morgan fingerprint density at radius 3 is 2.40 bits per heavy atom. The summed E-state index contributed by atoms with van der Waals surface area (Å²) < 4.78 is 2.09. The van der Waals surface area contributed by atoms with Crippen LogP contribution in [-0.2, 0) is 0 Å². The molecular weight excluding hydrogens is 416 g/mol. The molecule has 146 valence electrons. The van der Waals surface area contributed by atoms with Crippen LogP contribution in [0.4, 0.5) is 0 Å². The van der Waals surface area contributed by atoms with Crippen LogP contribution in [0, 0.1) is 6.92 Å². The normalized spacial score (nSPS) is 11.1. The second-order valence-electron chi connectivity index (χ2n) is 6.75. The number of benzene rings is 2. The lowest BCUT2D eigenvalue weighted by atomic mass is 10.1. The van der Waals surface area contributed by atoms with Crippen LogP contribution in [0.1, 0.15) is 5.56 Å². The number of aryl methyl sites for hydroxylation is 1. The van der Waals surface area contributed by atoms with E-state index in [0.717, 1.165) is 21.7 Å². The molecule has 5 aromatic rings. The topological polar surface area (TPSA) is 60.7 Å². The zero-order chi connectivity index (χ0) is 20.7. The van der Waals surface area contributed by atoms with E-state index in [1.54, 1.807) is 23.0 Å². The minimum Gasteiger partial charge on any atom is -0.267 e. The van der Waals surface area contributed by atoms with Crippen molar-refractivity contribution in [1.29, 1.82) is 0 Å². The molecule has 30 heavy (non-hydrogen) atoms. The molecule has 0 aliphatic rings. The van der Waals surface area contributed by atoms with E-state index in [0.29, 0.717) is 26.9 Å². The van der Waals surface area contributed by atoms with Crippen LogP contribution in [-0.4, -0.2) is 19.5 Å². The van der Waals surface area contributed by atoms with E-state index < -0.39 is 0 Å². The summed E-state index contributed by atoms with van der Waals surface area (Å²) >= 11 is 7.86. The molecule has 0 aliphatic carbocycles. The summed E-state index contributed by atoms with van der Waals surface area (Å²) in [6.07, 6.45) is 3.41. The molecule has 3 aromatic heterocycles. The summed E-state index contributed by atoms with van der Waals surface area (Å²) in [6.45, 7) is 1.93. The van der Waals surface area contributed by atoms with Crippen LogP contribution in [0.5, 0.6) is 0 Å². The van der Waals surface area contributed by atoms with E-state index in [-0.39, 0.29) is 5.56 Å². The summed E-state index contributed by atoms with van der Waals surface area (Å²) in [4.78, 5) is 27.2. The lowest BCUT2D eigenvalue weighted by molar-refractivity contribution is 0.964. The maximum absolute atomic E-state index is 13.7. The zero-order valence-electron chi connectivity index (χ0n) is 15.9. The van der Waals surface area contributed by atoms with Crippen molar-refractivity contribution in [2.45, 2.75) is 6.92 Å². The van der Waals surface area contributed by atoms with Gasteiger partial charge in [0.2, 0.25) is 0 Å². The van der Waals surface area contributed by atoms with Crippen molar-refractivity contribution in [3.05, 3.63) is 94.0 Å². The van der Waals surface area contributed by atoms with E-state index >= 15 is 0 Å². The molecule has 0 spiro atoms. The summed E-state index contributed by atoms with van der Waals surface area (Å²) in [5.41, 5.74) is 3.48. The average molecular weight is 431 g/mol. The number of halogens is 1. The molecule has 5 rings (SSSR count). The molecule has 5 nitrogen and oxygen atoms in total. The Morgan fingerprint density at radius 2 is 1.67 bits per heavy atom. The molecule has 0 atom stereocenters. The van der Waals surface area contributed by atoms with Gasteiger partial charge in [-0.3, -0.25) is 14.3 Å². The lowest BCUT2D eigenvalue weighted by Gasteiger charge is -2.15. The Balaban J connectivity index is 1.87. The molecule has 0 radical (unpaired) electrons. The highest BCUT2D eigenvalue weighted by atomic mass is 35.5. The molecule has 0 amide bonds. The van der Waals surface area contributed by atoms with Gasteiger partial charge in [-0.2, -0.15) is 0 Å². The molecule has 2 aromatic carbocycles. The minimum atomic E-state index is -0.187. The van der Waals surface area contributed by atoms with E-state index in [4.69, 9.17) is 16.6 Å². The molecule has 0 saturated carbocycles. The van der Waals surface area contributed by atoms with Gasteiger partial charge in [0.15, 0.2) is 5.65 Å². The Labute approximate surface area is 181 Å². The average Bonchev–Trinajstić information content (AvgIpc) is 3.21. The van der Waals surface area contributed by atoms with E-state index in [2.05, 4.69) is 9.97 Å². The predicted molar refractivity (Wildman–Crippen MR) is 121 cm³/mol. The third-order valence-electron chi connectivity index (χ3n) is 4.80. The second kappa shape index (κ2) is 7.48. The molecule has 0 unspecified atom stereocenters. The molecule has 7 heteroatoms. The first-order valence-electron chi connectivity index (χ1n) is 9.28. The highest BCUT2D eigenvalue weighted by Crippen LogP contribution is 2.32. The SMILES string of the molecule is Cc1cccc(Cl)c1-n1c(-c2ccccc2)nc2nc(-c3ccncc3)sc2c1=O. The molecule has 3 heterocycles. The van der Waals surface area contributed by atoms with Crippen LogP contribution in [0.15, 0.2) is 77.9 Å². The van der Waals surface area contributed by atoms with Crippen LogP contribution in [0.3, 0.4) is 0 Å². The minimum absolute atomic E-state index is 0.187. The van der Waals surface area contributed by atoms with Crippen molar-refractivity contribution in [2.24, 2.45) is 0 Å². The molecule has 0 N–H and O–H groups in total. The highest BCUT2D eigenvalue weighted by Gasteiger charge is 2.21. The van der Waals surface area contributed by atoms with Crippen molar-refractivity contribution in [2.75, 3.05) is 0 Å². The first kappa shape index (κ1) is 18.7. The van der Waals surface area contributed by atoms with Gasteiger partial charge in [0, 0.05) is 23.5 Å². The maximum Gasteiger partial charge on any atom is 0.278 e. The number of rotatable bonds is 3. The van der Waals surface area contributed by atoms with Crippen LogP contribution >= 0.6 is 22.9 Å².